The monoisotopic (exact) mass is 476 g/mol. The molecule has 0 N–H and O–H groups in total. The molecule has 0 spiro atoms. The highest BCUT2D eigenvalue weighted by atomic mass is 15.1. The summed E-state index contributed by atoms with van der Waals surface area (Å²) >= 11 is 0. The van der Waals surface area contributed by atoms with E-state index in [-0.39, 0.29) is 0 Å². The highest BCUT2D eigenvalue weighted by Crippen LogP contribution is 2.44. The van der Waals surface area contributed by atoms with Crippen LogP contribution in [0, 0.1) is 0 Å². The number of fused-ring (bicyclic) bond motifs is 7. The maximum absolute atomic E-state index is 2.49. The van der Waals surface area contributed by atoms with Crippen molar-refractivity contribution in [1.29, 1.82) is 0 Å². The van der Waals surface area contributed by atoms with Crippen molar-refractivity contribution < 1.29 is 0 Å². The summed E-state index contributed by atoms with van der Waals surface area (Å²) in [6.45, 7) is 3.22. The first-order valence-corrected chi connectivity index (χ1v) is 13.4. The summed E-state index contributed by atoms with van der Waals surface area (Å²) in [5.41, 5.74) is 15.2. The summed E-state index contributed by atoms with van der Waals surface area (Å²) in [5.74, 6) is 0. The molecule has 0 amide bonds. The molecule has 2 heteroatoms. The Hall–Kier alpha value is -4.30. The fourth-order valence-electron chi connectivity index (χ4n) is 6.72. The maximum atomic E-state index is 2.49. The smallest absolute Gasteiger partial charge is 0.0545 e. The quantitative estimate of drug-likeness (QED) is 0.243. The Morgan fingerprint density at radius 3 is 1.81 bits per heavy atom. The number of rotatable bonds is 2. The molecule has 0 bridgehead atoms. The Labute approximate surface area is 217 Å². The predicted octanol–water partition coefficient (Wildman–Crippen LogP) is 8.34. The average Bonchev–Trinajstić information content (AvgIpc) is 3.24. The van der Waals surface area contributed by atoms with Crippen molar-refractivity contribution in [3.05, 3.63) is 137 Å². The van der Waals surface area contributed by atoms with Crippen LogP contribution in [0.1, 0.15) is 40.3 Å². The van der Waals surface area contributed by atoms with Gasteiger partial charge in [-0.2, -0.15) is 0 Å². The lowest BCUT2D eigenvalue weighted by Gasteiger charge is -2.32. The van der Waals surface area contributed by atoms with E-state index in [9.17, 15) is 0 Å². The minimum absolute atomic E-state index is 0.957. The first kappa shape index (κ1) is 20.8. The van der Waals surface area contributed by atoms with Gasteiger partial charge in [-0.25, -0.2) is 0 Å². The Morgan fingerprint density at radius 1 is 0.514 bits per heavy atom. The summed E-state index contributed by atoms with van der Waals surface area (Å²) in [6.07, 6.45) is 2.99. The van der Waals surface area contributed by atoms with Crippen molar-refractivity contribution in [2.24, 2.45) is 0 Å². The molecule has 2 nitrogen and oxygen atoms in total. The third-order valence-electron chi connectivity index (χ3n) is 8.45. The third kappa shape index (κ3) is 3.05. The minimum atomic E-state index is 0.957. The Bertz CT molecular complexity index is 1840. The highest BCUT2D eigenvalue weighted by Gasteiger charge is 2.25. The molecule has 1 aromatic heterocycles. The molecule has 0 saturated heterocycles. The van der Waals surface area contributed by atoms with Crippen molar-refractivity contribution in [3.8, 4) is 5.69 Å². The molecular weight excluding hydrogens is 448 g/mol. The summed E-state index contributed by atoms with van der Waals surface area (Å²) in [4.78, 5) is 2.49. The Kier molecular flexibility index (Phi) is 4.42. The molecule has 2 heterocycles. The number of para-hydroxylation sites is 2. The third-order valence-corrected chi connectivity index (χ3v) is 8.45. The number of nitrogens with zero attached hydrogens (tertiary/aromatic N) is 2. The maximum Gasteiger partial charge on any atom is 0.0545 e. The lowest BCUT2D eigenvalue weighted by Crippen LogP contribution is -2.22. The average molecular weight is 477 g/mol. The number of aromatic nitrogens is 1. The Morgan fingerprint density at radius 2 is 1.08 bits per heavy atom. The van der Waals surface area contributed by atoms with E-state index in [0.29, 0.717) is 0 Å². The second kappa shape index (κ2) is 7.85. The summed E-state index contributed by atoms with van der Waals surface area (Å²) < 4.78 is 2.49. The lowest BCUT2D eigenvalue weighted by molar-refractivity contribution is 0.963. The molecule has 6 aromatic rings. The molecular formula is C35H28N2. The molecule has 8 rings (SSSR count). The van der Waals surface area contributed by atoms with E-state index in [4.69, 9.17) is 0 Å². The summed E-state index contributed by atoms with van der Waals surface area (Å²) in [5, 5.41) is 2.70. The van der Waals surface area contributed by atoms with Crippen LogP contribution in [0.4, 0.5) is 11.4 Å². The normalized spacial score (nSPS) is 13.8. The zero-order valence-corrected chi connectivity index (χ0v) is 21.0. The standard InChI is InChI=1S/C35H28N2/c1-2-36-32-15-9-8-12-25(32)18-28-21-35-31(22-33(28)36)30-19-26-16-23-10-6-7-11-24(23)17-27(26)20-34(30)37(35)29-13-4-3-5-14-29/h3-15,19-22H,2,16-18H2,1H3. The fourth-order valence-corrected chi connectivity index (χ4v) is 6.72. The lowest BCUT2D eigenvalue weighted by atomic mass is 9.85. The van der Waals surface area contributed by atoms with Gasteiger partial charge in [-0.15, -0.1) is 0 Å². The van der Waals surface area contributed by atoms with Gasteiger partial charge in [-0.1, -0.05) is 60.7 Å². The Balaban J connectivity index is 1.43. The van der Waals surface area contributed by atoms with Crippen molar-refractivity contribution in [2.45, 2.75) is 26.2 Å². The first-order chi connectivity index (χ1) is 18.3. The largest absolute Gasteiger partial charge is 0.341 e. The second-order valence-corrected chi connectivity index (χ2v) is 10.5. The molecule has 0 saturated carbocycles. The van der Waals surface area contributed by atoms with Crippen LogP contribution in [0.25, 0.3) is 27.5 Å². The topological polar surface area (TPSA) is 8.17 Å². The van der Waals surface area contributed by atoms with E-state index in [2.05, 4.69) is 120 Å². The van der Waals surface area contributed by atoms with E-state index >= 15 is 0 Å². The number of hydrogen-bond donors (Lipinski definition) is 0. The van der Waals surface area contributed by atoms with Crippen molar-refractivity contribution in [2.75, 3.05) is 11.4 Å². The zero-order chi connectivity index (χ0) is 24.5. The van der Waals surface area contributed by atoms with Gasteiger partial charge in [0.15, 0.2) is 0 Å². The van der Waals surface area contributed by atoms with E-state index in [1.54, 1.807) is 0 Å². The van der Waals surface area contributed by atoms with Gasteiger partial charge in [0.05, 0.1) is 11.0 Å². The van der Waals surface area contributed by atoms with Gasteiger partial charge in [-0.3, -0.25) is 0 Å². The number of benzene rings is 5. The van der Waals surface area contributed by atoms with E-state index in [1.165, 1.54) is 72.2 Å². The molecule has 37 heavy (non-hydrogen) atoms. The summed E-state index contributed by atoms with van der Waals surface area (Å²) in [7, 11) is 0. The molecule has 0 fully saturated rings. The zero-order valence-electron chi connectivity index (χ0n) is 21.0. The van der Waals surface area contributed by atoms with Crippen LogP contribution in [-0.2, 0) is 19.3 Å². The molecule has 2 aliphatic rings. The molecule has 5 aromatic carbocycles. The van der Waals surface area contributed by atoms with Gasteiger partial charge < -0.3 is 9.47 Å². The molecule has 1 aliphatic heterocycles. The van der Waals surface area contributed by atoms with Gasteiger partial charge in [0, 0.05) is 40.8 Å². The van der Waals surface area contributed by atoms with Crippen LogP contribution in [0.5, 0.6) is 0 Å². The number of hydrogen-bond acceptors (Lipinski definition) is 1. The molecule has 0 unspecified atom stereocenters. The van der Waals surface area contributed by atoms with Crippen LogP contribution in [0.3, 0.4) is 0 Å². The van der Waals surface area contributed by atoms with Crippen LogP contribution < -0.4 is 4.90 Å². The summed E-state index contributed by atoms with van der Waals surface area (Å²) in [6, 6.07) is 38.6. The SMILES string of the molecule is CCN1c2ccccc2Cc2cc3c(cc21)c1cc2c(cc1n3-c1ccccc1)Cc1ccccc1C2. The van der Waals surface area contributed by atoms with Crippen LogP contribution >= 0.6 is 0 Å². The van der Waals surface area contributed by atoms with E-state index in [1.807, 2.05) is 0 Å². The first-order valence-electron chi connectivity index (χ1n) is 13.4. The van der Waals surface area contributed by atoms with Crippen molar-refractivity contribution >= 4 is 33.2 Å². The van der Waals surface area contributed by atoms with Crippen LogP contribution in [0.15, 0.2) is 103 Å². The van der Waals surface area contributed by atoms with Gasteiger partial charge in [-0.05, 0) is 95.6 Å². The second-order valence-electron chi connectivity index (χ2n) is 10.5. The molecule has 0 radical (unpaired) electrons. The van der Waals surface area contributed by atoms with Crippen LogP contribution in [0.2, 0.25) is 0 Å². The van der Waals surface area contributed by atoms with E-state index < -0.39 is 0 Å². The van der Waals surface area contributed by atoms with Crippen LogP contribution in [-0.4, -0.2) is 11.1 Å². The van der Waals surface area contributed by atoms with E-state index in [0.717, 1.165) is 25.8 Å². The highest BCUT2D eigenvalue weighted by molar-refractivity contribution is 6.11. The van der Waals surface area contributed by atoms with Gasteiger partial charge in [0.2, 0.25) is 0 Å². The fraction of sp³-hybridized carbons (Fsp3) is 0.143. The van der Waals surface area contributed by atoms with Gasteiger partial charge >= 0.3 is 0 Å². The van der Waals surface area contributed by atoms with Gasteiger partial charge in [0.25, 0.3) is 0 Å². The molecule has 0 atom stereocenters. The van der Waals surface area contributed by atoms with Crippen molar-refractivity contribution in [1.82, 2.24) is 4.57 Å². The number of anilines is 2. The predicted molar refractivity (Wildman–Crippen MR) is 155 cm³/mol. The van der Waals surface area contributed by atoms with Crippen molar-refractivity contribution in [3.63, 3.8) is 0 Å². The van der Waals surface area contributed by atoms with Gasteiger partial charge in [0.1, 0.15) is 0 Å². The minimum Gasteiger partial charge on any atom is -0.341 e. The molecule has 1 aliphatic carbocycles. The molecule has 178 valence electrons.